The van der Waals surface area contributed by atoms with Crippen LogP contribution < -0.4 is 29.1 Å². The molecule has 0 saturated heterocycles. The molecule has 8 nitrogen and oxygen atoms in total. The number of methoxy groups -OCH3 is 1. The second-order valence-corrected chi connectivity index (χ2v) is 11.2. The van der Waals surface area contributed by atoms with Crippen LogP contribution in [0.2, 0.25) is 10.0 Å². The molecule has 0 saturated carbocycles. The molecule has 0 bridgehead atoms. The second-order valence-electron chi connectivity index (χ2n) is 9.35. The van der Waals surface area contributed by atoms with Gasteiger partial charge in [0.15, 0.2) is 16.3 Å². The van der Waals surface area contributed by atoms with Gasteiger partial charge in [0.2, 0.25) is 0 Å². The van der Waals surface area contributed by atoms with Crippen molar-refractivity contribution in [3.8, 4) is 17.2 Å². The van der Waals surface area contributed by atoms with Crippen LogP contribution in [0.3, 0.4) is 0 Å². The van der Waals surface area contributed by atoms with Gasteiger partial charge in [0.25, 0.3) is 5.56 Å². The topological polar surface area (TPSA) is 88.4 Å². The predicted octanol–water partition coefficient (Wildman–Crippen LogP) is 5.70. The zero-order valence-corrected chi connectivity index (χ0v) is 26.0. The number of hydrogen-bond acceptors (Lipinski definition) is 8. The zero-order chi connectivity index (χ0) is 30.5. The molecule has 3 aromatic carbocycles. The van der Waals surface area contributed by atoms with E-state index in [1.54, 1.807) is 48.5 Å². The molecule has 1 aliphatic heterocycles. The van der Waals surface area contributed by atoms with Crippen molar-refractivity contribution in [2.45, 2.75) is 26.5 Å². The summed E-state index contributed by atoms with van der Waals surface area (Å²) in [6.45, 7) is 4.89. The summed E-state index contributed by atoms with van der Waals surface area (Å²) in [5.41, 5.74) is 2.02. The van der Waals surface area contributed by atoms with Gasteiger partial charge in [-0.15, -0.1) is 0 Å². The molecule has 0 N–H and O–H groups in total. The van der Waals surface area contributed by atoms with Gasteiger partial charge >= 0.3 is 5.97 Å². The molecule has 11 heteroatoms. The van der Waals surface area contributed by atoms with Crippen molar-refractivity contribution in [3.63, 3.8) is 0 Å². The molecule has 0 aliphatic carbocycles. The number of carbonyl (C=O) groups excluding carboxylic acids is 1. The number of thiazole rings is 1. The Balaban J connectivity index is 1.60. The van der Waals surface area contributed by atoms with E-state index in [2.05, 4.69) is 4.99 Å². The van der Waals surface area contributed by atoms with Crippen molar-refractivity contribution in [2.75, 3.05) is 20.3 Å². The largest absolute Gasteiger partial charge is 0.490 e. The highest BCUT2D eigenvalue weighted by Crippen LogP contribution is 2.35. The minimum atomic E-state index is -0.807. The van der Waals surface area contributed by atoms with Crippen molar-refractivity contribution < 1.29 is 23.7 Å². The van der Waals surface area contributed by atoms with Crippen molar-refractivity contribution in [3.05, 3.63) is 119 Å². The van der Waals surface area contributed by atoms with Crippen LogP contribution in [0, 0.1) is 0 Å². The Bertz CT molecular complexity index is 1880. The number of ether oxygens (including phenoxy) is 4. The van der Waals surface area contributed by atoms with Gasteiger partial charge in [0, 0.05) is 21.8 Å². The molecule has 2 heterocycles. The molecule has 0 unspecified atom stereocenters. The van der Waals surface area contributed by atoms with E-state index >= 15 is 0 Å². The van der Waals surface area contributed by atoms with Crippen LogP contribution in [0.15, 0.2) is 82.2 Å². The first-order chi connectivity index (χ1) is 20.8. The fraction of sp³-hybridized carbons (Fsp3) is 0.219. The quantitative estimate of drug-likeness (QED) is 0.207. The van der Waals surface area contributed by atoms with Crippen LogP contribution >= 0.6 is 34.5 Å². The van der Waals surface area contributed by atoms with E-state index in [9.17, 15) is 9.59 Å². The molecule has 0 spiro atoms. The van der Waals surface area contributed by atoms with Gasteiger partial charge in [-0.05, 0) is 73.5 Å². The highest BCUT2D eigenvalue weighted by molar-refractivity contribution is 7.07. The van der Waals surface area contributed by atoms with Gasteiger partial charge in [0.1, 0.15) is 12.4 Å². The maximum Gasteiger partial charge on any atom is 0.337 e. The molecule has 0 amide bonds. The molecular weight excluding hydrogens is 611 g/mol. The summed E-state index contributed by atoms with van der Waals surface area (Å²) >= 11 is 13.7. The summed E-state index contributed by atoms with van der Waals surface area (Å²) in [5.74, 6) is 1.01. The maximum absolute atomic E-state index is 14.0. The van der Waals surface area contributed by atoms with Gasteiger partial charge in [-0.3, -0.25) is 9.36 Å². The molecule has 5 rings (SSSR count). The average Bonchev–Trinajstić information content (AvgIpc) is 3.31. The van der Waals surface area contributed by atoms with Crippen molar-refractivity contribution in [1.29, 1.82) is 0 Å². The third-order valence-electron chi connectivity index (χ3n) is 6.55. The molecule has 1 aromatic heterocycles. The Kier molecular flexibility index (Phi) is 9.55. The van der Waals surface area contributed by atoms with Crippen LogP contribution in [-0.2, 0) is 16.1 Å². The zero-order valence-electron chi connectivity index (χ0n) is 23.6. The number of carbonyl (C=O) groups is 1. The molecule has 4 aromatic rings. The second kappa shape index (κ2) is 13.5. The SMILES string of the molecule is CCOc1ccc([C@@H]2C(C(=O)OC)=CN=c3s/c(=C/c4cc(Cl)ccc4OCc4cccc(Cl)c4)c(=O)n32)cc1OCC. The molecule has 0 fully saturated rings. The van der Waals surface area contributed by atoms with Gasteiger partial charge in [-0.1, -0.05) is 52.7 Å². The lowest BCUT2D eigenvalue weighted by Crippen LogP contribution is -2.39. The third kappa shape index (κ3) is 6.64. The van der Waals surface area contributed by atoms with Crippen LogP contribution in [0.5, 0.6) is 17.2 Å². The minimum Gasteiger partial charge on any atom is -0.490 e. The summed E-state index contributed by atoms with van der Waals surface area (Å²) in [4.78, 5) is 31.8. The van der Waals surface area contributed by atoms with Crippen LogP contribution in [0.4, 0.5) is 0 Å². The van der Waals surface area contributed by atoms with Crippen molar-refractivity contribution in [2.24, 2.45) is 4.99 Å². The number of rotatable bonds is 10. The smallest absolute Gasteiger partial charge is 0.337 e. The van der Waals surface area contributed by atoms with Gasteiger partial charge in [0.05, 0.1) is 36.5 Å². The highest BCUT2D eigenvalue weighted by Gasteiger charge is 2.31. The minimum absolute atomic E-state index is 0.210. The summed E-state index contributed by atoms with van der Waals surface area (Å²) in [7, 11) is 1.29. The normalized spacial score (nSPS) is 14.4. The van der Waals surface area contributed by atoms with E-state index in [1.165, 1.54) is 29.2 Å². The number of nitrogens with zero attached hydrogens (tertiary/aromatic N) is 2. The lowest BCUT2D eigenvalue weighted by Gasteiger charge is -2.23. The number of hydrogen-bond donors (Lipinski definition) is 0. The van der Waals surface area contributed by atoms with Crippen molar-refractivity contribution in [1.82, 2.24) is 4.57 Å². The van der Waals surface area contributed by atoms with E-state index in [-0.39, 0.29) is 17.7 Å². The lowest BCUT2D eigenvalue weighted by molar-refractivity contribution is -0.136. The van der Waals surface area contributed by atoms with Gasteiger partial charge < -0.3 is 18.9 Å². The summed E-state index contributed by atoms with van der Waals surface area (Å²) in [6.07, 6.45) is 3.16. The number of fused-ring (bicyclic) bond motifs is 1. The molecular formula is C32H28Cl2N2O6S. The Morgan fingerprint density at radius 2 is 1.70 bits per heavy atom. The standard InChI is InChI=1S/C32H28Cl2N2O6S/c1-4-40-26-11-9-20(15-27(26)41-5-2)29-24(31(38)39-3)17-35-32-36(29)30(37)28(43-32)16-21-14-23(34)10-12-25(21)42-18-19-7-6-8-22(33)13-19/h6-17,29H,4-5,18H2,1-3H3/b28-16+/t29-/m1/s1. The maximum atomic E-state index is 14.0. The first kappa shape index (κ1) is 30.4. The number of halogens is 2. The highest BCUT2D eigenvalue weighted by atomic mass is 35.5. The summed E-state index contributed by atoms with van der Waals surface area (Å²) < 4.78 is 24.6. The average molecular weight is 640 g/mol. The molecule has 43 heavy (non-hydrogen) atoms. The number of aromatic nitrogens is 1. The van der Waals surface area contributed by atoms with E-state index in [1.807, 2.05) is 32.0 Å². The summed E-state index contributed by atoms with van der Waals surface area (Å²) in [5, 5.41) is 1.10. The molecule has 0 radical (unpaired) electrons. The lowest BCUT2D eigenvalue weighted by atomic mass is 9.97. The van der Waals surface area contributed by atoms with E-state index in [4.69, 9.17) is 42.1 Å². The van der Waals surface area contributed by atoms with Crippen LogP contribution in [-0.4, -0.2) is 30.9 Å². The Morgan fingerprint density at radius 1 is 0.953 bits per heavy atom. The van der Waals surface area contributed by atoms with E-state index < -0.39 is 12.0 Å². The Hall–Kier alpha value is -4.05. The molecule has 1 atom stereocenters. The Labute approximate surface area is 262 Å². The van der Waals surface area contributed by atoms with Crippen LogP contribution in [0.25, 0.3) is 6.08 Å². The van der Waals surface area contributed by atoms with E-state index in [0.717, 1.165) is 5.56 Å². The predicted molar refractivity (Wildman–Crippen MR) is 167 cm³/mol. The number of benzene rings is 3. The first-order valence-electron chi connectivity index (χ1n) is 13.5. The molecule has 1 aliphatic rings. The third-order valence-corrected chi connectivity index (χ3v) is 8.02. The first-order valence-corrected chi connectivity index (χ1v) is 15.1. The Morgan fingerprint density at radius 3 is 2.44 bits per heavy atom. The fourth-order valence-corrected chi connectivity index (χ4v) is 6.03. The fourth-order valence-electron chi connectivity index (χ4n) is 4.68. The summed E-state index contributed by atoms with van der Waals surface area (Å²) in [6, 6.07) is 17.1. The van der Waals surface area contributed by atoms with E-state index in [0.29, 0.717) is 61.0 Å². The van der Waals surface area contributed by atoms with Crippen molar-refractivity contribution >= 4 is 46.6 Å². The number of esters is 1. The van der Waals surface area contributed by atoms with Crippen LogP contribution in [0.1, 0.15) is 36.6 Å². The van der Waals surface area contributed by atoms with Gasteiger partial charge in [-0.2, -0.15) is 0 Å². The molecule has 222 valence electrons. The van der Waals surface area contributed by atoms with Gasteiger partial charge in [-0.25, -0.2) is 9.79 Å². The monoisotopic (exact) mass is 638 g/mol.